The van der Waals surface area contributed by atoms with Gasteiger partial charge in [0.15, 0.2) is 0 Å². The maximum atomic E-state index is 12.7. The van der Waals surface area contributed by atoms with E-state index in [4.69, 9.17) is 11.6 Å². The molecule has 5 nitrogen and oxygen atoms in total. The summed E-state index contributed by atoms with van der Waals surface area (Å²) in [7, 11) is 0. The molecule has 0 aromatic carbocycles. The van der Waals surface area contributed by atoms with Crippen molar-refractivity contribution in [3.05, 3.63) is 16.4 Å². The van der Waals surface area contributed by atoms with Crippen LogP contribution in [-0.2, 0) is 4.79 Å². The molecule has 156 valence electrons. The van der Waals surface area contributed by atoms with Crippen LogP contribution in [0.1, 0.15) is 83.6 Å². The van der Waals surface area contributed by atoms with Crippen molar-refractivity contribution in [3.63, 3.8) is 0 Å². The highest BCUT2D eigenvalue weighted by Crippen LogP contribution is 2.22. The van der Waals surface area contributed by atoms with Crippen molar-refractivity contribution in [2.45, 2.75) is 92.2 Å². The van der Waals surface area contributed by atoms with Gasteiger partial charge in [0.05, 0.1) is 16.4 Å². The number of aromatic nitrogens is 2. The molecule has 1 N–H and O–H groups in total. The van der Waals surface area contributed by atoms with E-state index in [0.29, 0.717) is 5.02 Å². The number of carbonyl (C=O) groups excluding carboxylic acids is 1. The van der Waals surface area contributed by atoms with Crippen LogP contribution in [0.3, 0.4) is 0 Å². The van der Waals surface area contributed by atoms with Crippen LogP contribution in [-0.4, -0.2) is 46.3 Å². The lowest BCUT2D eigenvalue weighted by atomic mass is 10.2. The predicted octanol–water partition coefficient (Wildman–Crippen LogP) is 4.90. The Balaban J connectivity index is 2.60. The van der Waals surface area contributed by atoms with Crippen LogP contribution in [0.2, 0.25) is 5.02 Å². The molecule has 0 saturated carbocycles. The first-order valence-electron chi connectivity index (χ1n) is 10.6. The average molecular weight is 399 g/mol. The van der Waals surface area contributed by atoms with Gasteiger partial charge in [-0.05, 0) is 53.6 Å². The molecule has 0 bridgehead atoms. The van der Waals surface area contributed by atoms with E-state index in [1.54, 1.807) is 4.68 Å². The fourth-order valence-electron chi connectivity index (χ4n) is 3.39. The molecule has 1 rings (SSSR count). The van der Waals surface area contributed by atoms with Crippen LogP contribution in [0.5, 0.6) is 0 Å². The van der Waals surface area contributed by atoms with Gasteiger partial charge in [-0.3, -0.25) is 9.48 Å². The summed E-state index contributed by atoms with van der Waals surface area (Å²) in [4.78, 5) is 15.2. The van der Waals surface area contributed by atoms with E-state index in [9.17, 15) is 4.79 Å². The maximum absolute atomic E-state index is 12.7. The van der Waals surface area contributed by atoms with E-state index in [0.717, 1.165) is 31.0 Å². The molecule has 1 heterocycles. The van der Waals surface area contributed by atoms with Crippen molar-refractivity contribution < 1.29 is 4.79 Å². The Hall–Kier alpha value is -1.07. The fourth-order valence-corrected chi connectivity index (χ4v) is 3.52. The Kier molecular flexibility index (Phi) is 11.0. The topological polar surface area (TPSA) is 50.2 Å². The number of aryl methyl sites for hydroxylation is 1. The van der Waals surface area contributed by atoms with Gasteiger partial charge in [0, 0.05) is 12.6 Å². The van der Waals surface area contributed by atoms with Gasteiger partial charge in [-0.2, -0.15) is 5.10 Å². The van der Waals surface area contributed by atoms with Gasteiger partial charge in [-0.1, -0.05) is 51.1 Å². The summed E-state index contributed by atoms with van der Waals surface area (Å²) < 4.78 is 1.72. The van der Waals surface area contributed by atoms with Crippen molar-refractivity contribution in [1.82, 2.24) is 20.0 Å². The first-order valence-corrected chi connectivity index (χ1v) is 10.9. The minimum Gasteiger partial charge on any atom is -0.351 e. The molecule has 0 radical (unpaired) electrons. The zero-order valence-corrected chi connectivity index (χ0v) is 18.9. The lowest BCUT2D eigenvalue weighted by Crippen LogP contribution is -2.45. The van der Waals surface area contributed by atoms with Gasteiger partial charge in [0.2, 0.25) is 5.91 Å². The van der Waals surface area contributed by atoms with Crippen molar-refractivity contribution in [1.29, 1.82) is 0 Å². The van der Waals surface area contributed by atoms with Crippen LogP contribution in [0.15, 0.2) is 0 Å². The molecule has 0 fully saturated rings. The number of unbranched alkanes of at least 4 members (excludes halogenated alkanes) is 4. The number of halogens is 1. The SMILES string of the molecule is CCCCCN(CCCCC)CC(C)NC(=O)C(C)n1nc(C)c(Cl)c1C. The normalized spacial score (nSPS) is 13.8. The molecule has 1 aromatic heterocycles. The summed E-state index contributed by atoms with van der Waals surface area (Å²) in [5.74, 6) is -0.00756. The quantitative estimate of drug-likeness (QED) is 0.480. The molecule has 0 saturated heterocycles. The van der Waals surface area contributed by atoms with Gasteiger partial charge < -0.3 is 10.2 Å². The zero-order chi connectivity index (χ0) is 20.4. The van der Waals surface area contributed by atoms with Crippen LogP contribution >= 0.6 is 11.6 Å². The molecule has 6 heteroatoms. The van der Waals surface area contributed by atoms with Crippen molar-refractivity contribution >= 4 is 17.5 Å². The molecule has 1 aromatic rings. The van der Waals surface area contributed by atoms with Gasteiger partial charge in [-0.15, -0.1) is 0 Å². The van der Waals surface area contributed by atoms with Crippen molar-refractivity contribution in [2.24, 2.45) is 0 Å². The van der Waals surface area contributed by atoms with E-state index < -0.39 is 0 Å². The van der Waals surface area contributed by atoms with Crippen molar-refractivity contribution in [2.75, 3.05) is 19.6 Å². The third-order valence-electron chi connectivity index (χ3n) is 5.06. The highest BCUT2D eigenvalue weighted by Gasteiger charge is 2.22. The standard InChI is InChI=1S/C21H39ClN4O/c1-7-9-11-13-25(14-12-10-8-2)15-16(3)23-21(27)19(6)26-18(5)20(22)17(4)24-26/h16,19H,7-15H2,1-6H3,(H,23,27). The van der Waals surface area contributed by atoms with Crippen LogP contribution in [0.4, 0.5) is 0 Å². The second-order valence-electron chi connectivity index (χ2n) is 7.73. The summed E-state index contributed by atoms with van der Waals surface area (Å²) in [5, 5.41) is 8.21. The zero-order valence-electron chi connectivity index (χ0n) is 18.1. The number of nitrogens with one attached hydrogen (secondary N) is 1. The summed E-state index contributed by atoms with van der Waals surface area (Å²) in [5.41, 5.74) is 1.60. The van der Waals surface area contributed by atoms with E-state index in [1.165, 1.54) is 38.5 Å². The minimum absolute atomic E-state index is 0.00756. The van der Waals surface area contributed by atoms with Crippen molar-refractivity contribution in [3.8, 4) is 0 Å². The lowest BCUT2D eigenvalue weighted by Gasteiger charge is -2.27. The van der Waals surface area contributed by atoms with Crippen LogP contribution in [0, 0.1) is 13.8 Å². The molecule has 0 aliphatic rings. The average Bonchev–Trinajstić information content (AvgIpc) is 2.88. The second kappa shape index (κ2) is 12.4. The third-order valence-corrected chi connectivity index (χ3v) is 5.61. The van der Waals surface area contributed by atoms with Gasteiger partial charge in [0.1, 0.15) is 6.04 Å². The van der Waals surface area contributed by atoms with Crippen LogP contribution < -0.4 is 5.32 Å². The molecular weight excluding hydrogens is 360 g/mol. The Morgan fingerprint density at radius 3 is 2.11 bits per heavy atom. The second-order valence-corrected chi connectivity index (χ2v) is 8.11. The number of carbonyl (C=O) groups is 1. The number of hydrogen-bond donors (Lipinski definition) is 1. The highest BCUT2D eigenvalue weighted by molar-refractivity contribution is 6.31. The molecule has 27 heavy (non-hydrogen) atoms. The van der Waals surface area contributed by atoms with E-state index in [2.05, 4.69) is 36.1 Å². The Morgan fingerprint density at radius 2 is 1.67 bits per heavy atom. The number of amides is 1. The predicted molar refractivity (Wildman–Crippen MR) is 115 cm³/mol. The molecule has 0 aliphatic carbocycles. The van der Waals surface area contributed by atoms with Gasteiger partial charge >= 0.3 is 0 Å². The smallest absolute Gasteiger partial charge is 0.244 e. The molecule has 0 spiro atoms. The van der Waals surface area contributed by atoms with Gasteiger partial charge in [0.25, 0.3) is 0 Å². The Morgan fingerprint density at radius 1 is 1.11 bits per heavy atom. The molecule has 0 aliphatic heterocycles. The lowest BCUT2D eigenvalue weighted by molar-refractivity contribution is -0.124. The monoisotopic (exact) mass is 398 g/mol. The molecule has 2 unspecified atom stereocenters. The minimum atomic E-state index is -0.368. The molecule has 1 amide bonds. The fraction of sp³-hybridized carbons (Fsp3) is 0.810. The number of hydrogen-bond acceptors (Lipinski definition) is 3. The first kappa shape index (κ1) is 24.0. The third kappa shape index (κ3) is 7.82. The Labute approximate surface area is 170 Å². The largest absolute Gasteiger partial charge is 0.351 e. The van der Waals surface area contributed by atoms with Gasteiger partial charge in [-0.25, -0.2) is 0 Å². The summed E-state index contributed by atoms with van der Waals surface area (Å²) in [6.07, 6.45) is 7.45. The van der Waals surface area contributed by atoms with Crippen LogP contribution in [0.25, 0.3) is 0 Å². The maximum Gasteiger partial charge on any atom is 0.244 e. The Bertz CT molecular complexity index is 563. The van der Waals surface area contributed by atoms with E-state index in [-0.39, 0.29) is 18.0 Å². The molecule has 2 atom stereocenters. The van der Waals surface area contributed by atoms with E-state index >= 15 is 0 Å². The summed E-state index contributed by atoms with van der Waals surface area (Å²) >= 11 is 6.22. The summed E-state index contributed by atoms with van der Waals surface area (Å²) in [6, 6.07) is -0.261. The van der Waals surface area contributed by atoms with E-state index in [1.807, 2.05) is 20.8 Å². The first-order chi connectivity index (χ1) is 12.8. The number of nitrogens with zero attached hydrogens (tertiary/aromatic N) is 3. The number of rotatable bonds is 13. The summed E-state index contributed by atoms with van der Waals surface area (Å²) in [6.45, 7) is 15.3. The highest BCUT2D eigenvalue weighted by atomic mass is 35.5. The molecular formula is C21H39ClN4O.